The molecule has 3 aromatic heterocycles. The smallest absolute Gasteiger partial charge is 0.333 e. The highest BCUT2D eigenvalue weighted by atomic mass is 32.1. The van der Waals surface area contributed by atoms with Crippen LogP contribution in [-0.2, 0) is 23.3 Å². The van der Waals surface area contributed by atoms with Crippen molar-refractivity contribution in [1.29, 1.82) is 0 Å². The van der Waals surface area contributed by atoms with Crippen LogP contribution in [0.2, 0.25) is 0 Å². The van der Waals surface area contributed by atoms with Crippen molar-refractivity contribution in [3.05, 3.63) is 68.4 Å². The number of aryl methyl sites for hydroxylation is 3. The third-order valence-corrected chi connectivity index (χ3v) is 8.25. The van der Waals surface area contributed by atoms with Gasteiger partial charge in [0.1, 0.15) is 26.9 Å². The number of halogens is 1. The number of hydrogen-bond donors (Lipinski definition) is 2. The van der Waals surface area contributed by atoms with Crippen molar-refractivity contribution in [3.8, 4) is 10.8 Å². The predicted octanol–water partition coefficient (Wildman–Crippen LogP) is 1.05. The number of nitrogens with zero attached hydrogens (tertiary/aromatic N) is 6. The number of rotatable bonds is 7. The normalized spacial score (nSPS) is 16.9. The van der Waals surface area contributed by atoms with Gasteiger partial charge in [0.15, 0.2) is 0 Å². The number of carbonyl (C=O) groups is 1. The van der Waals surface area contributed by atoms with Crippen LogP contribution >= 0.6 is 11.3 Å². The highest BCUT2D eigenvalue weighted by molar-refractivity contribution is 7.21. The lowest BCUT2D eigenvalue weighted by atomic mass is 10.00. The summed E-state index contributed by atoms with van der Waals surface area (Å²) in [4.78, 5) is 44.2. The highest BCUT2D eigenvalue weighted by Gasteiger charge is 2.45. The van der Waals surface area contributed by atoms with E-state index in [0.717, 1.165) is 4.57 Å². The van der Waals surface area contributed by atoms with Gasteiger partial charge in [0.25, 0.3) is 5.56 Å². The van der Waals surface area contributed by atoms with Crippen molar-refractivity contribution in [1.82, 2.24) is 29.0 Å². The number of aliphatic hydroxyl groups excluding tert-OH is 2. The minimum Gasteiger partial charge on any atom is -0.496 e. The maximum atomic E-state index is 14.0. The Morgan fingerprint density at radius 3 is 2.40 bits per heavy atom. The largest absolute Gasteiger partial charge is 0.496 e. The summed E-state index contributed by atoms with van der Waals surface area (Å²) in [5, 5.41) is 24.6. The number of ether oxygens (including phenoxy) is 1. The van der Waals surface area contributed by atoms with E-state index in [-0.39, 0.29) is 32.1 Å². The van der Waals surface area contributed by atoms with Crippen LogP contribution in [0.1, 0.15) is 24.5 Å². The number of hydrogen-bond acceptors (Lipinski definition) is 9. The molecule has 2 N–H and O–H groups in total. The maximum Gasteiger partial charge on any atom is 0.333 e. The SMILES string of the molecule is COc1ccc(F)cc1CCn1c(=O)n(C2(C)CCN(C)C2=O)c(=O)c2c(C)c(-n3nccn3)sc21.OCCO. The van der Waals surface area contributed by atoms with Crippen molar-refractivity contribution in [2.45, 2.75) is 38.8 Å². The Bertz CT molecular complexity index is 1640. The van der Waals surface area contributed by atoms with Crippen LogP contribution in [-0.4, -0.2) is 79.1 Å². The summed E-state index contributed by atoms with van der Waals surface area (Å²) in [7, 11) is 3.15. The summed E-state index contributed by atoms with van der Waals surface area (Å²) in [6, 6.07) is 4.21. The summed E-state index contributed by atoms with van der Waals surface area (Å²) < 4.78 is 21.9. The lowest BCUT2D eigenvalue weighted by Gasteiger charge is -2.25. The molecular formula is C26H31FN6O6S. The van der Waals surface area contributed by atoms with Gasteiger partial charge in [0, 0.05) is 25.7 Å². The van der Waals surface area contributed by atoms with Crippen molar-refractivity contribution >= 4 is 27.5 Å². The number of amides is 1. The van der Waals surface area contributed by atoms with Gasteiger partial charge in [-0.3, -0.25) is 14.2 Å². The highest BCUT2D eigenvalue weighted by Crippen LogP contribution is 2.33. The van der Waals surface area contributed by atoms with E-state index in [9.17, 15) is 18.8 Å². The van der Waals surface area contributed by atoms with Gasteiger partial charge in [-0.25, -0.2) is 13.8 Å². The van der Waals surface area contributed by atoms with Gasteiger partial charge in [-0.05, 0) is 50.5 Å². The Hall–Kier alpha value is -3.88. The molecule has 214 valence electrons. The first-order valence-electron chi connectivity index (χ1n) is 12.5. The summed E-state index contributed by atoms with van der Waals surface area (Å²) in [5.74, 6) is -0.210. The Labute approximate surface area is 232 Å². The molecule has 1 amide bonds. The fraction of sp³-hybridized carbons (Fsp3) is 0.423. The zero-order valence-electron chi connectivity index (χ0n) is 22.6. The van der Waals surface area contributed by atoms with E-state index >= 15 is 0 Å². The second kappa shape index (κ2) is 11.7. The number of thiophene rings is 1. The molecule has 12 nitrogen and oxygen atoms in total. The first kappa shape index (κ1) is 29.1. The molecule has 0 saturated carbocycles. The second-order valence-corrected chi connectivity index (χ2v) is 10.5. The summed E-state index contributed by atoms with van der Waals surface area (Å²) in [6.45, 7) is 3.73. The molecule has 0 aliphatic carbocycles. The molecule has 0 spiro atoms. The van der Waals surface area contributed by atoms with Crippen molar-refractivity contribution in [2.75, 3.05) is 33.9 Å². The number of carbonyl (C=O) groups excluding carboxylic acids is 1. The van der Waals surface area contributed by atoms with Gasteiger partial charge < -0.3 is 19.8 Å². The monoisotopic (exact) mass is 574 g/mol. The lowest BCUT2D eigenvalue weighted by Crippen LogP contribution is -2.53. The number of methoxy groups -OCH3 is 1. The van der Waals surface area contributed by atoms with Gasteiger partial charge in [0.2, 0.25) is 5.91 Å². The minimum absolute atomic E-state index is 0.125. The summed E-state index contributed by atoms with van der Waals surface area (Å²) in [5.41, 5.74) is -1.22. The molecule has 1 fully saturated rings. The quantitative estimate of drug-likeness (QED) is 0.333. The molecule has 40 heavy (non-hydrogen) atoms. The topological polar surface area (TPSA) is 145 Å². The van der Waals surface area contributed by atoms with Crippen molar-refractivity contribution in [2.24, 2.45) is 0 Å². The van der Waals surface area contributed by atoms with E-state index in [0.29, 0.717) is 45.1 Å². The Morgan fingerprint density at radius 2 is 1.82 bits per heavy atom. The average Bonchev–Trinajstić information content (AvgIpc) is 3.65. The molecule has 4 heterocycles. The fourth-order valence-corrected chi connectivity index (χ4v) is 6.10. The Morgan fingerprint density at radius 1 is 1.15 bits per heavy atom. The number of aliphatic hydroxyl groups is 2. The molecular weight excluding hydrogens is 543 g/mol. The van der Waals surface area contributed by atoms with Crippen LogP contribution in [0.5, 0.6) is 5.75 Å². The first-order valence-corrected chi connectivity index (χ1v) is 13.4. The van der Waals surface area contributed by atoms with Crippen LogP contribution in [0.3, 0.4) is 0 Å². The van der Waals surface area contributed by atoms with Crippen LogP contribution in [0.15, 0.2) is 40.2 Å². The molecule has 0 bridgehead atoms. The molecule has 1 saturated heterocycles. The third-order valence-electron chi connectivity index (χ3n) is 6.97. The van der Waals surface area contributed by atoms with Crippen LogP contribution in [0.25, 0.3) is 15.2 Å². The molecule has 0 radical (unpaired) electrons. The van der Waals surface area contributed by atoms with E-state index < -0.39 is 22.6 Å². The molecule has 1 atom stereocenters. The predicted molar refractivity (Wildman–Crippen MR) is 147 cm³/mol. The first-order chi connectivity index (χ1) is 19.1. The van der Waals surface area contributed by atoms with Gasteiger partial charge in [-0.15, -0.1) is 4.80 Å². The second-order valence-electron chi connectivity index (χ2n) is 9.51. The van der Waals surface area contributed by atoms with Crippen LogP contribution < -0.4 is 16.0 Å². The van der Waals surface area contributed by atoms with Crippen molar-refractivity contribution < 1.29 is 24.1 Å². The van der Waals surface area contributed by atoms with Gasteiger partial charge in [-0.1, -0.05) is 11.3 Å². The third kappa shape index (κ3) is 5.05. The lowest BCUT2D eigenvalue weighted by molar-refractivity contribution is -0.133. The fourth-order valence-electron chi connectivity index (χ4n) is 4.87. The van der Waals surface area contributed by atoms with E-state index in [1.807, 2.05) is 0 Å². The maximum absolute atomic E-state index is 14.0. The number of benzene rings is 1. The molecule has 1 aliphatic rings. The number of fused-ring (bicyclic) bond motifs is 1. The zero-order chi connectivity index (χ0) is 29.2. The van der Waals surface area contributed by atoms with E-state index in [4.69, 9.17) is 14.9 Å². The van der Waals surface area contributed by atoms with E-state index in [1.54, 1.807) is 20.9 Å². The standard InChI is InChI=1S/C24H25FN6O4S.C2H6O2/c1-14-18-19(32)30(24(2)8-12-28(3)22(24)33)23(34)29(21(18)36-20(14)31-26-9-10-27-31)11-7-15-13-16(25)5-6-17(15)35-4;3-1-2-4/h5-6,9-10,13H,7-8,11-12H2,1-4H3;3-4H,1-2H2. The number of aromatic nitrogens is 5. The van der Waals surface area contributed by atoms with E-state index in [2.05, 4.69) is 10.2 Å². The van der Waals surface area contributed by atoms with Gasteiger partial charge in [-0.2, -0.15) is 10.2 Å². The van der Waals surface area contributed by atoms with Gasteiger partial charge in [0.05, 0.1) is 38.1 Å². The number of likely N-dealkylation sites (N-methyl/N-ethyl adjacent to an activating group) is 1. The van der Waals surface area contributed by atoms with Crippen LogP contribution in [0.4, 0.5) is 4.39 Å². The summed E-state index contributed by atoms with van der Waals surface area (Å²) in [6.07, 6.45) is 3.65. The number of likely N-dealkylation sites (tertiary alicyclic amines) is 1. The molecule has 1 aliphatic heterocycles. The van der Waals surface area contributed by atoms with E-state index in [1.165, 1.54) is 63.3 Å². The van der Waals surface area contributed by atoms with Crippen LogP contribution in [0, 0.1) is 12.7 Å². The Kier molecular flexibility index (Phi) is 8.51. The molecule has 5 rings (SSSR count). The summed E-state index contributed by atoms with van der Waals surface area (Å²) >= 11 is 1.22. The Balaban J connectivity index is 0.000000867. The van der Waals surface area contributed by atoms with Gasteiger partial charge >= 0.3 is 5.69 Å². The molecule has 4 aromatic rings. The van der Waals surface area contributed by atoms with Crippen molar-refractivity contribution in [3.63, 3.8) is 0 Å². The molecule has 1 aromatic carbocycles. The molecule has 14 heteroatoms. The zero-order valence-corrected chi connectivity index (χ0v) is 23.4. The molecule has 1 unspecified atom stereocenters. The minimum atomic E-state index is -1.31. The average molecular weight is 575 g/mol.